The number of ether oxygens (including phenoxy) is 4. The fourth-order valence-corrected chi connectivity index (χ4v) is 3.52. The minimum atomic E-state index is -0.337. The summed E-state index contributed by atoms with van der Waals surface area (Å²) in [6, 6.07) is 11.8. The number of morpholine rings is 1. The van der Waals surface area contributed by atoms with Crippen LogP contribution in [0.2, 0.25) is 0 Å². The van der Waals surface area contributed by atoms with E-state index in [4.69, 9.17) is 18.9 Å². The molecule has 2 amide bonds. The Labute approximate surface area is 185 Å². The van der Waals surface area contributed by atoms with Crippen molar-refractivity contribution in [2.75, 3.05) is 58.1 Å². The van der Waals surface area contributed by atoms with Crippen LogP contribution in [0, 0.1) is 0 Å². The van der Waals surface area contributed by atoms with E-state index in [1.165, 1.54) is 4.90 Å². The van der Waals surface area contributed by atoms with Crippen LogP contribution in [0.15, 0.2) is 42.5 Å². The predicted molar refractivity (Wildman–Crippen MR) is 115 cm³/mol. The number of fused-ring (bicyclic) bond motifs is 1. The van der Waals surface area contributed by atoms with Crippen LogP contribution < -0.4 is 19.1 Å². The smallest absolute Gasteiger partial charge is 0.265 e. The Morgan fingerprint density at radius 3 is 2.62 bits per heavy atom. The van der Waals surface area contributed by atoms with Crippen molar-refractivity contribution < 1.29 is 33.3 Å². The van der Waals surface area contributed by atoms with Crippen LogP contribution in [0.1, 0.15) is 10.4 Å². The van der Waals surface area contributed by atoms with E-state index in [1.54, 1.807) is 54.5 Å². The summed E-state index contributed by atoms with van der Waals surface area (Å²) in [5.74, 6) is 0.800. The zero-order valence-electron chi connectivity index (χ0n) is 17.7. The molecule has 0 bridgehead atoms. The summed E-state index contributed by atoms with van der Waals surface area (Å²) in [6.45, 7) is 1.47. The first-order chi connectivity index (χ1) is 15.5. The first-order valence-electron chi connectivity index (χ1n) is 10.3. The molecular weight excluding hydrogens is 416 g/mol. The molecule has 2 heterocycles. The van der Waals surface area contributed by atoms with E-state index in [0.717, 1.165) is 0 Å². The Hall–Kier alpha value is -3.59. The van der Waals surface area contributed by atoms with Crippen molar-refractivity contribution in [3.63, 3.8) is 0 Å². The molecule has 0 spiro atoms. The molecule has 0 unspecified atom stereocenters. The summed E-state index contributed by atoms with van der Waals surface area (Å²) in [5, 5.41) is 0. The van der Waals surface area contributed by atoms with E-state index in [1.807, 2.05) is 0 Å². The largest absolute Gasteiger partial charge is 0.497 e. The maximum atomic E-state index is 12.7. The minimum Gasteiger partial charge on any atom is -0.497 e. The Morgan fingerprint density at radius 1 is 1.06 bits per heavy atom. The molecule has 0 radical (unpaired) electrons. The van der Waals surface area contributed by atoms with Gasteiger partial charge in [-0.25, -0.2) is 0 Å². The summed E-state index contributed by atoms with van der Waals surface area (Å²) in [4.78, 5) is 41.0. The average Bonchev–Trinajstić information content (AvgIpc) is 2.84. The monoisotopic (exact) mass is 440 g/mol. The fraction of sp³-hybridized carbons (Fsp3) is 0.348. The molecule has 0 aliphatic carbocycles. The molecule has 0 atom stereocenters. The van der Waals surface area contributed by atoms with Crippen molar-refractivity contribution in [2.24, 2.45) is 0 Å². The maximum absolute atomic E-state index is 12.7. The normalized spacial score (nSPS) is 15.6. The van der Waals surface area contributed by atoms with Crippen LogP contribution in [0.4, 0.5) is 5.69 Å². The van der Waals surface area contributed by atoms with Gasteiger partial charge in [0.1, 0.15) is 23.8 Å². The van der Waals surface area contributed by atoms with Crippen molar-refractivity contribution in [3.05, 3.63) is 48.0 Å². The van der Waals surface area contributed by atoms with E-state index < -0.39 is 0 Å². The highest BCUT2D eigenvalue weighted by atomic mass is 16.5. The standard InChI is InChI=1S/C23H24N2O7/c1-29-17-3-2-4-18(12-17)31-14-20(26)16-5-6-21-19(11-16)25(23(28)15-32-21)13-22(27)24-7-9-30-10-8-24/h2-6,11-12H,7-10,13-15H2,1H3. The second-order valence-electron chi connectivity index (χ2n) is 7.34. The van der Waals surface area contributed by atoms with Crippen LogP contribution in [-0.4, -0.2) is 75.7 Å². The number of benzene rings is 2. The van der Waals surface area contributed by atoms with E-state index in [0.29, 0.717) is 54.8 Å². The number of methoxy groups -OCH3 is 1. The number of hydrogen-bond acceptors (Lipinski definition) is 7. The van der Waals surface area contributed by atoms with Crippen molar-refractivity contribution >= 4 is 23.3 Å². The number of hydrogen-bond donors (Lipinski definition) is 0. The molecule has 2 aliphatic heterocycles. The van der Waals surface area contributed by atoms with E-state index in [9.17, 15) is 14.4 Å². The van der Waals surface area contributed by atoms with E-state index in [2.05, 4.69) is 0 Å². The summed E-state index contributed by atoms with van der Waals surface area (Å²) in [6.07, 6.45) is 0. The third-order valence-electron chi connectivity index (χ3n) is 5.29. The Morgan fingerprint density at radius 2 is 1.84 bits per heavy atom. The third-order valence-corrected chi connectivity index (χ3v) is 5.29. The molecular formula is C23H24N2O7. The number of ketones is 1. The Kier molecular flexibility index (Phi) is 6.55. The maximum Gasteiger partial charge on any atom is 0.265 e. The van der Waals surface area contributed by atoms with Gasteiger partial charge in [-0.2, -0.15) is 0 Å². The van der Waals surface area contributed by atoms with Gasteiger partial charge in [-0.05, 0) is 30.3 Å². The summed E-state index contributed by atoms with van der Waals surface area (Å²) < 4.78 is 21.5. The average molecular weight is 440 g/mol. The van der Waals surface area contributed by atoms with Gasteiger partial charge >= 0.3 is 0 Å². The van der Waals surface area contributed by atoms with Crippen LogP contribution in [0.25, 0.3) is 0 Å². The minimum absolute atomic E-state index is 0.118. The van der Waals surface area contributed by atoms with Gasteiger partial charge in [0.2, 0.25) is 5.91 Å². The topological polar surface area (TPSA) is 94.6 Å². The number of nitrogens with zero attached hydrogens (tertiary/aromatic N) is 2. The number of Topliss-reactive ketones (excluding diaryl/α,β-unsaturated/α-hetero) is 1. The lowest BCUT2D eigenvalue weighted by atomic mass is 10.1. The highest BCUT2D eigenvalue weighted by Gasteiger charge is 2.30. The number of rotatable bonds is 7. The van der Waals surface area contributed by atoms with E-state index >= 15 is 0 Å². The molecule has 0 aromatic heterocycles. The van der Waals surface area contributed by atoms with Crippen molar-refractivity contribution in [1.82, 2.24) is 4.90 Å². The lowest BCUT2D eigenvalue weighted by Crippen LogP contribution is -2.49. The van der Waals surface area contributed by atoms with Crippen molar-refractivity contribution in [2.45, 2.75) is 0 Å². The lowest BCUT2D eigenvalue weighted by molar-refractivity contribution is -0.135. The van der Waals surface area contributed by atoms with Crippen LogP contribution in [0.3, 0.4) is 0 Å². The van der Waals surface area contributed by atoms with Crippen LogP contribution in [0.5, 0.6) is 17.2 Å². The third kappa shape index (κ3) is 4.83. The number of amides is 2. The first-order valence-corrected chi connectivity index (χ1v) is 10.3. The quantitative estimate of drug-likeness (QED) is 0.603. The highest BCUT2D eigenvalue weighted by Crippen LogP contribution is 2.33. The summed E-state index contributed by atoms with van der Waals surface area (Å²) in [7, 11) is 1.55. The van der Waals surface area contributed by atoms with Gasteiger partial charge in [0.25, 0.3) is 5.91 Å². The predicted octanol–water partition coefficient (Wildman–Crippen LogP) is 1.54. The van der Waals surface area contributed by atoms with Crippen molar-refractivity contribution in [1.29, 1.82) is 0 Å². The zero-order valence-corrected chi connectivity index (χ0v) is 17.7. The van der Waals surface area contributed by atoms with Crippen LogP contribution >= 0.6 is 0 Å². The summed E-state index contributed by atoms with van der Waals surface area (Å²) >= 11 is 0. The molecule has 2 aromatic rings. The SMILES string of the molecule is COc1cccc(OCC(=O)c2ccc3c(c2)N(CC(=O)N2CCOCC2)C(=O)CO3)c1. The molecule has 1 saturated heterocycles. The highest BCUT2D eigenvalue weighted by molar-refractivity contribution is 6.04. The molecule has 168 valence electrons. The number of anilines is 1. The number of carbonyl (C=O) groups excluding carboxylic acids is 3. The molecule has 4 rings (SSSR count). The summed E-state index contributed by atoms with van der Waals surface area (Å²) in [5.41, 5.74) is 0.754. The van der Waals surface area contributed by atoms with Gasteiger partial charge in [0.05, 0.1) is 26.0 Å². The fourth-order valence-electron chi connectivity index (χ4n) is 3.52. The molecule has 32 heavy (non-hydrogen) atoms. The second-order valence-corrected chi connectivity index (χ2v) is 7.34. The van der Waals surface area contributed by atoms with Crippen LogP contribution in [-0.2, 0) is 14.3 Å². The van der Waals surface area contributed by atoms with Gasteiger partial charge in [-0.3, -0.25) is 19.3 Å². The zero-order chi connectivity index (χ0) is 22.5. The molecule has 2 aromatic carbocycles. The van der Waals surface area contributed by atoms with Gasteiger partial charge < -0.3 is 23.8 Å². The molecule has 9 heteroatoms. The van der Waals surface area contributed by atoms with E-state index in [-0.39, 0.29) is 37.4 Å². The Bertz CT molecular complexity index is 1020. The van der Waals surface area contributed by atoms with Gasteiger partial charge in [-0.1, -0.05) is 6.07 Å². The Balaban J connectivity index is 1.48. The first kappa shape index (κ1) is 21.6. The van der Waals surface area contributed by atoms with Crippen molar-refractivity contribution in [3.8, 4) is 17.2 Å². The molecule has 0 saturated carbocycles. The lowest BCUT2D eigenvalue weighted by Gasteiger charge is -2.32. The van der Waals surface area contributed by atoms with Gasteiger partial charge in [0.15, 0.2) is 19.0 Å². The van der Waals surface area contributed by atoms with Gasteiger partial charge in [-0.15, -0.1) is 0 Å². The molecule has 1 fully saturated rings. The molecule has 9 nitrogen and oxygen atoms in total. The second kappa shape index (κ2) is 9.69. The molecule has 0 N–H and O–H groups in total. The molecule has 2 aliphatic rings. The van der Waals surface area contributed by atoms with Gasteiger partial charge in [0, 0.05) is 24.7 Å². The number of carbonyl (C=O) groups is 3.